The Morgan fingerprint density at radius 2 is 2.19 bits per heavy atom. The van der Waals surface area contributed by atoms with Crippen molar-refractivity contribution < 1.29 is 5.21 Å². The zero-order valence-corrected chi connectivity index (χ0v) is 9.69. The fourth-order valence-corrected chi connectivity index (χ4v) is 2.02. The van der Waals surface area contributed by atoms with Crippen LogP contribution >= 0.6 is 11.6 Å². The molecule has 16 heavy (non-hydrogen) atoms. The molecule has 1 aromatic heterocycles. The SMILES string of the molecule is ON=C1CCN(Cc2ccncc2Cl)CC1. The number of oxime groups is 1. The van der Waals surface area contributed by atoms with Crippen LogP contribution in [0.2, 0.25) is 5.02 Å². The van der Waals surface area contributed by atoms with Crippen LogP contribution in [-0.4, -0.2) is 33.9 Å². The fourth-order valence-electron chi connectivity index (χ4n) is 1.84. The zero-order valence-electron chi connectivity index (χ0n) is 8.93. The summed E-state index contributed by atoms with van der Waals surface area (Å²) in [6, 6.07) is 1.94. The van der Waals surface area contributed by atoms with Crippen molar-refractivity contribution in [1.29, 1.82) is 0 Å². The molecule has 0 amide bonds. The van der Waals surface area contributed by atoms with Gasteiger partial charge in [0.05, 0.1) is 10.7 Å². The summed E-state index contributed by atoms with van der Waals surface area (Å²) in [7, 11) is 0. The average molecular weight is 240 g/mol. The fraction of sp³-hybridized carbons (Fsp3) is 0.455. The second kappa shape index (κ2) is 5.27. The van der Waals surface area contributed by atoms with Crippen molar-refractivity contribution in [1.82, 2.24) is 9.88 Å². The molecule has 1 aromatic rings. The van der Waals surface area contributed by atoms with Gasteiger partial charge in [-0.2, -0.15) is 0 Å². The highest BCUT2D eigenvalue weighted by atomic mass is 35.5. The monoisotopic (exact) mass is 239 g/mol. The van der Waals surface area contributed by atoms with Crippen LogP contribution in [0.5, 0.6) is 0 Å². The summed E-state index contributed by atoms with van der Waals surface area (Å²) in [4.78, 5) is 6.26. The number of hydrogen-bond acceptors (Lipinski definition) is 4. The third-order valence-corrected chi connectivity index (χ3v) is 3.17. The van der Waals surface area contributed by atoms with E-state index in [1.807, 2.05) is 6.07 Å². The lowest BCUT2D eigenvalue weighted by atomic mass is 10.1. The first kappa shape index (κ1) is 11.4. The second-order valence-electron chi connectivity index (χ2n) is 3.91. The van der Waals surface area contributed by atoms with E-state index in [2.05, 4.69) is 15.0 Å². The van der Waals surface area contributed by atoms with E-state index in [9.17, 15) is 0 Å². The van der Waals surface area contributed by atoms with Crippen molar-refractivity contribution >= 4 is 17.3 Å². The molecule has 1 fully saturated rings. The minimum absolute atomic E-state index is 0.712. The van der Waals surface area contributed by atoms with Crippen molar-refractivity contribution in [3.63, 3.8) is 0 Å². The van der Waals surface area contributed by atoms with Crippen LogP contribution in [0, 0.1) is 0 Å². The smallest absolute Gasteiger partial charge is 0.0634 e. The number of likely N-dealkylation sites (tertiary alicyclic amines) is 1. The highest BCUT2D eigenvalue weighted by Gasteiger charge is 2.16. The quantitative estimate of drug-likeness (QED) is 0.636. The van der Waals surface area contributed by atoms with Crippen LogP contribution in [0.25, 0.3) is 0 Å². The highest BCUT2D eigenvalue weighted by molar-refractivity contribution is 6.31. The Morgan fingerprint density at radius 3 is 2.81 bits per heavy atom. The normalized spacial score (nSPS) is 17.4. The van der Waals surface area contributed by atoms with Gasteiger partial charge in [0.15, 0.2) is 0 Å². The third-order valence-electron chi connectivity index (χ3n) is 2.83. The maximum atomic E-state index is 8.65. The van der Waals surface area contributed by atoms with Gasteiger partial charge in [0.2, 0.25) is 0 Å². The maximum absolute atomic E-state index is 8.65. The molecule has 0 aromatic carbocycles. The van der Waals surface area contributed by atoms with Gasteiger partial charge in [0.1, 0.15) is 0 Å². The summed E-state index contributed by atoms with van der Waals surface area (Å²) in [5.74, 6) is 0. The number of pyridine rings is 1. The Kier molecular flexibility index (Phi) is 3.74. The first-order chi connectivity index (χ1) is 7.79. The van der Waals surface area contributed by atoms with Crippen LogP contribution in [0.3, 0.4) is 0 Å². The summed E-state index contributed by atoms with van der Waals surface area (Å²) >= 11 is 6.05. The first-order valence-electron chi connectivity index (χ1n) is 5.30. The maximum Gasteiger partial charge on any atom is 0.0634 e. The molecular formula is C11H14ClN3O. The Hall–Kier alpha value is -1.13. The van der Waals surface area contributed by atoms with E-state index in [1.54, 1.807) is 12.4 Å². The van der Waals surface area contributed by atoms with Gasteiger partial charge >= 0.3 is 0 Å². The van der Waals surface area contributed by atoms with Crippen LogP contribution < -0.4 is 0 Å². The molecule has 5 heteroatoms. The molecule has 1 saturated heterocycles. The van der Waals surface area contributed by atoms with Crippen molar-refractivity contribution in [2.45, 2.75) is 19.4 Å². The van der Waals surface area contributed by atoms with Gasteiger partial charge in [-0.1, -0.05) is 16.8 Å². The van der Waals surface area contributed by atoms with Crippen molar-refractivity contribution in [3.8, 4) is 0 Å². The standard InChI is InChI=1S/C11H14ClN3O/c12-11-7-13-4-1-9(11)8-15-5-2-10(14-16)3-6-15/h1,4,7,16H,2-3,5-6,8H2. The Labute approximate surface area is 99.5 Å². The van der Waals surface area contributed by atoms with Crippen molar-refractivity contribution in [2.75, 3.05) is 13.1 Å². The van der Waals surface area contributed by atoms with E-state index in [1.165, 1.54) is 0 Å². The minimum atomic E-state index is 0.712. The Morgan fingerprint density at radius 1 is 1.44 bits per heavy atom. The lowest BCUT2D eigenvalue weighted by Gasteiger charge is -2.27. The molecule has 0 bridgehead atoms. The number of nitrogens with zero attached hydrogens (tertiary/aromatic N) is 3. The van der Waals surface area contributed by atoms with E-state index in [-0.39, 0.29) is 0 Å². The number of aromatic nitrogens is 1. The highest BCUT2D eigenvalue weighted by Crippen LogP contribution is 2.17. The van der Waals surface area contributed by atoms with Crippen LogP contribution in [-0.2, 0) is 6.54 Å². The molecule has 2 rings (SSSR count). The predicted molar refractivity (Wildman–Crippen MR) is 63.0 cm³/mol. The molecule has 86 valence electrons. The number of piperidine rings is 1. The molecule has 2 heterocycles. The summed E-state index contributed by atoms with van der Waals surface area (Å²) in [5, 5.41) is 12.6. The molecule has 0 spiro atoms. The van der Waals surface area contributed by atoms with Crippen LogP contribution in [0.15, 0.2) is 23.6 Å². The van der Waals surface area contributed by atoms with Gasteiger partial charge in [-0.25, -0.2) is 0 Å². The number of hydrogen-bond donors (Lipinski definition) is 1. The predicted octanol–water partition coefficient (Wildman–Crippen LogP) is 2.16. The molecule has 1 N–H and O–H groups in total. The van der Waals surface area contributed by atoms with E-state index in [0.29, 0.717) is 5.02 Å². The van der Waals surface area contributed by atoms with Gasteiger partial charge < -0.3 is 5.21 Å². The summed E-state index contributed by atoms with van der Waals surface area (Å²) in [6.07, 6.45) is 5.09. The average Bonchev–Trinajstić information content (AvgIpc) is 2.33. The first-order valence-corrected chi connectivity index (χ1v) is 5.68. The van der Waals surface area contributed by atoms with E-state index >= 15 is 0 Å². The van der Waals surface area contributed by atoms with Gasteiger partial charge in [-0.15, -0.1) is 0 Å². The van der Waals surface area contributed by atoms with E-state index in [4.69, 9.17) is 16.8 Å². The molecule has 1 aliphatic rings. The number of rotatable bonds is 2. The van der Waals surface area contributed by atoms with Gasteiger partial charge in [0.25, 0.3) is 0 Å². The lowest BCUT2D eigenvalue weighted by molar-refractivity contribution is 0.256. The molecule has 4 nitrogen and oxygen atoms in total. The summed E-state index contributed by atoms with van der Waals surface area (Å²) in [6.45, 7) is 2.66. The largest absolute Gasteiger partial charge is 0.411 e. The number of halogens is 1. The molecule has 0 unspecified atom stereocenters. The molecule has 0 radical (unpaired) electrons. The van der Waals surface area contributed by atoms with Gasteiger partial charge in [-0.05, 0) is 11.6 Å². The van der Waals surface area contributed by atoms with Crippen molar-refractivity contribution in [3.05, 3.63) is 29.0 Å². The Balaban J connectivity index is 1.94. The molecule has 1 aliphatic heterocycles. The zero-order chi connectivity index (χ0) is 11.4. The van der Waals surface area contributed by atoms with Crippen LogP contribution in [0.4, 0.5) is 0 Å². The molecule has 0 atom stereocenters. The Bertz CT molecular complexity index is 385. The van der Waals surface area contributed by atoms with Crippen molar-refractivity contribution in [2.24, 2.45) is 5.16 Å². The van der Waals surface area contributed by atoms with Crippen LogP contribution in [0.1, 0.15) is 18.4 Å². The minimum Gasteiger partial charge on any atom is -0.411 e. The molecular weight excluding hydrogens is 226 g/mol. The second-order valence-corrected chi connectivity index (χ2v) is 4.32. The van der Waals surface area contributed by atoms with Gasteiger partial charge in [-0.3, -0.25) is 9.88 Å². The molecule has 0 aliphatic carbocycles. The topological polar surface area (TPSA) is 48.7 Å². The molecule has 0 saturated carbocycles. The lowest BCUT2D eigenvalue weighted by Crippen LogP contribution is -2.33. The van der Waals surface area contributed by atoms with E-state index < -0.39 is 0 Å². The summed E-state index contributed by atoms with van der Waals surface area (Å²) in [5.41, 5.74) is 1.98. The summed E-state index contributed by atoms with van der Waals surface area (Å²) < 4.78 is 0. The third kappa shape index (κ3) is 2.71. The van der Waals surface area contributed by atoms with E-state index in [0.717, 1.165) is 43.8 Å². The van der Waals surface area contributed by atoms with Gasteiger partial charge in [0, 0.05) is 44.9 Å².